The molecule has 0 radical (unpaired) electrons. The van der Waals surface area contributed by atoms with Crippen LogP contribution in [0.15, 0.2) is 24.3 Å². The maximum absolute atomic E-state index is 13.2. The van der Waals surface area contributed by atoms with Crippen molar-refractivity contribution in [3.63, 3.8) is 0 Å². The number of carbonyl (C=O) groups is 2. The summed E-state index contributed by atoms with van der Waals surface area (Å²) in [5, 5.41) is 8.70. The molecule has 0 saturated heterocycles. The van der Waals surface area contributed by atoms with E-state index < -0.39 is 47.2 Å². The maximum Gasteiger partial charge on any atom is 0.473 e. The van der Waals surface area contributed by atoms with Gasteiger partial charge in [-0.3, -0.25) is 0 Å². The van der Waals surface area contributed by atoms with Crippen molar-refractivity contribution in [3.05, 3.63) is 35.4 Å². The average molecular weight is 384 g/mol. The molecule has 0 heterocycles. The first kappa shape index (κ1) is 20.6. The Bertz CT molecular complexity index is 681. The molecule has 13 heteroatoms. The maximum atomic E-state index is 13.2. The minimum atomic E-state index is -7.24. The van der Waals surface area contributed by atoms with Crippen LogP contribution in [0.1, 0.15) is 20.7 Å². The second-order valence-corrected chi connectivity index (χ2v) is 4.40. The Hall–Kier alpha value is -2.47. The van der Waals surface area contributed by atoms with Crippen LogP contribution in [-0.4, -0.2) is 41.2 Å². The van der Waals surface area contributed by atoms with Gasteiger partial charge in [-0.15, -0.1) is 0 Å². The van der Waals surface area contributed by atoms with Crippen LogP contribution < -0.4 is 0 Å². The van der Waals surface area contributed by atoms with Gasteiger partial charge in [0.15, 0.2) is 0 Å². The van der Waals surface area contributed by atoms with Crippen molar-refractivity contribution in [2.45, 2.75) is 24.1 Å². The zero-order chi connectivity index (χ0) is 19.8. The summed E-state index contributed by atoms with van der Waals surface area (Å²) in [6, 6.07) is 3.02. The van der Waals surface area contributed by atoms with Gasteiger partial charge in [-0.1, -0.05) is 12.1 Å². The lowest BCUT2D eigenvalue weighted by atomic mass is 10.1. The topological polar surface area (TPSA) is 63.6 Å². The van der Waals surface area contributed by atoms with Gasteiger partial charge in [-0.05, 0) is 12.1 Å². The Morgan fingerprint density at radius 1 is 0.800 bits per heavy atom. The molecule has 0 unspecified atom stereocenters. The second-order valence-electron chi connectivity index (χ2n) is 4.40. The summed E-state index contributed by atoms with van der Waals surface area (Å²) in [4.78, 5) is 22.2. The minimum Gasteiger partial charge on any atom is -0.478 e. The van der Waals surface area contributed by atoms with Gasteiger partial charge in [0, 0.05) is 0 Å². The van der Waals surface area contributed by atoms with Crippen LogP contribution in [0.5, 0.6) is 0 Å². The number of aromatic carboxylic acids is 1. The molecule has 1 rings (SSSR count). The number of esters is 1. The largest absolute Gasteiger partial charge is 0.478 e. The number of benzene rings is 1. The number of halogens is 9. The molecule has 0 aliphatic heterocycles. The number of carboxylic acids is 1. The minimum absolute atomic E-state index is 0.502. The van der Waals surface area contributed by atoms with Crippen LogP contribution in [0.2, 0.25) is 0 Å². The van der Waals surface area contributed by atoms with E-state index in [1.807, 2.05) is 0 Å². The van der Waals surface area contributed by atoms with Gasteiger partial charge in [-0.2, -0.15) is 39.5 Å². The predicted molar refractivity (Wildman–Crippen MR) is 59.7 cm³/mol. The molecule has 0 aliphatic carbocycles. The SMILES string of the molecule is O=C(O)c1ccccc1C(=O)OC(F)(F)C(F)(F)C(F)(F)C(F)(F)F. The van der Waals surface area contributed by atoms with Crippen molar-refractivity contribution in [2.75, 3.05) is 0 Å². The molecule has 0 atom stereocenters. The summed E-state index contributed by atoms with van der Waals surface area (Å²) in [6.45, 7) is 0. The third-order valence-electron chi connectivity index (χ3n) is 2.71. The van der Waals surface area contributed by atoms with E-state index in [1.54, 1.807) is 0 Å². The van der Waals surface area contributed by atoms with Crippen LogP contribution in [0, 0.1) is 0 Å². The molecule has 25 heavy (non-hydrogen) atoms. The molecule has 1 aromatic carbocycles. The van der Waals surface area contributed by atoms with Crippen LogP contribution in [0.4, 0.5) is 39.5 Å². The summed E-state index contributed by atoms with van der Waals surface area (Å²) in [5.74, 6) is -18.8. The van der Waals surface area contributed by atoms with Crippen molar-refractivity contribution in [3.8, 4) is 0 Å². The van der Waals surface area contributed by atoms with Crippen LogP contribution in [0.3, 0.4) is 0 Å². The summed E-state index contributed by atoms with van der Waals surface area (Å²) in [6.07, 6.45) is -13.7. The van der Waals surface area contributed by atoms with E-state index in [0.717, 1.165) is 12.1 Å². The first-order chi connectivity index (χ1) is 11.1. The zero-order valence-corrected chi connectivity index (χ0v) is 11.4. The van der Waals surface area contributed by atoms with Gasteiger partial charge in [0.05, 0.1) is 11.1 Å². The first-order valence-corrected chi connectivity index (χ1v) is 5.82. The monoisotopic (exact) mass is 384 g/mol. The molecule has 0 bridgehead atoms. The smallest absolute Gasteiger partial charge is 0.473 e. The second kappa shape index (κ2) is 6.11. The lowest BCUT2D eigenvalue weighted by molar-refractivity contribution is -0.433. The van der Waals surface area contributed by atoms with Crippen LogP contribution in [-0.2, 0) is 4.74 Å². The number of carboxylic acid groups (broad SMARTS) is 1. The Labute approximate surface area is 131 Å². The number of rotatable bonds is 5. The Kier molecular flexibility index (Phi) is 5.03. The molecule has 4 nitrogen and oxygen atoms in total. The van der Waals surface area contributed by atoms with Crippen LogP contribution >= 0.6 is 0 Å². The number of carbonyl (C=O) groups excluding carboxylic acids is 1. The molecule has 0 aliphatic rings. The van der Waals surface area contributed by atoms with E-state index in [1.165, 1.54) is 0 Å². The van der Waals surface area contributed by atoms with E-state index >= 15 is 0 Å². The third-order valence-corrected chi connectivity index (χ3v) is 2.71. The highest BCUT2D eigenvalue weighted by Crippen LogP contribution is 2.53. The highest BCUT2D eigenvalue weighted by Gasteiger charge is 2.84. The molecule has 0 fully saturated rings. The number of ether oxygens (including phenoxy) is 1. The Morgan fingerprint density at radius 3 is 1.64 bits per heavy atom. The highest BCUT2D eigenvalue weighted by atomic mass is 19.4. The van der Waals surface area contributed by atoms with Crippen molar-refractivity contribution >= 4 is 11.9 Å². The van der Waals surface area contributed by atoms with Gasteiger partial charge in [0.2, 0.25) is 0 Å². The molecular weight excluding hydrogens is 379 g/mol. The quantitative estimate of drug-likeness (QED) is 0.617. The predicted octanol–water partition coefficient (Wildman–Crippen LogP) is 3.97. The fourth-order valence-electron chi connectivity index (χ4n) is 1.44. The van der Waals surface area contributed by atoms with E-state index in [-0.39, 0.29) is 0 Å². The third kappa shape index (κ3) is 3.49. The van der Waals surface area contributed by atoms with Crippen molar-refractivity contribution < 1.29 is 58.9 Å². The first-order valence-electron chi connectivity index (χ1n) is 5.82. The van der Waals surface area contributed by atoms with Gasteiger partial charge >= 0.3 is 36.1 Å². The van der Waals surface area contributed by atoms with Gasteiger partial charge < -0.3 is 9.84 Å². The number of hydrogen-bond acceptors (Lipinski definition) is 3. The standard InChI is InChI=1S/C12H5F9O4/c13-9(14,11(17,18)19)10(15,16)12(20,21)25-8(24)6-4-2-1-3-5(6)7(22)23/h1-4H,(H,22,23). The van der Waals surface area contributed by atoms with Gasteiger partial charge in [0.25, 0.3) is 0 Å². The number of hydrogen-bond donors (Lipinski definition) is 1. The molecule has 140 valence electrons. The summed E-state index contributed by atoms with van der Waals surface area (Å²) >= 11 is 0. The summed E-state index contributed by atoms with van der Waals surface area (Å²) < 4.78 is 116. The van der Waals surface area contributed by atoms with Crippen molar-refractivity contribution in [2.24, 2.45) is 0 Å². The lowest BCUT2D eigenvalue weighted by Crippen LogP contribution is -2.62. The van der Waals surface area contributed by atoms with Crippen molar-refractivity contribution in [1.29, 1.82) is 0 Å². The molecule has 0 aromatic heterocycles. The molecule has 0 saturated carbocycles. The molecule has 0 amide bonds. The Morgan fingerprint density at radius 2 is 1.24 bits per heavy atom. The van der Waals surface area contributed by atoms with Crippen molar-refractivity contribution in [1.82, 2.24) is 0 Å². The van der Waals surface area contributed by atoms with Gasteiger partial charge in [-0.25, -0.2) is 9.59 Å². The summed E-state index contributed by atoms with van der Waals surface area (Å²) in [7, 11) is 0. The fraction of sp³-hybridized carbons (Fsp3) is 0.333. The normalized spacial score (nSPS) is 13.5. The Balaban J connectivity index is 3.25. The van der Waals surface area contributed by atoms with E-state index in [9.17, 15) is 49.1 Å². The van der Waals surface area contributed by atoms with Gasteiger partial charge in [0.1, 0.15) is 0 Å². The lowest BCUT2D eigenvalue weighted by Gasteiger charge is -2.32. The highest BCUT2D eigenvalue weighted by molar-refractivity contribution is 6.02. The zero-order valence-electron chi connectivity index (χ0n) is 11.4. The molecular formula is C12H5F9O4. The number of alkyl halides is 9. The van der Waals surface area contributed by atoms with E-state index in [0.29, 0.717) is 12.1 Å². The summed E-state index contributed by atoms with van der Waals surface area (Å²) in [5.41, 5.74) is -2.30. The molecule has 0 spiro atoms. The molecule has 1 aromatic rings. The molecule has 1 N–H and O–H groups in total. The average Bonchev–Trinajstić information content (AvgIpc) is 2.45. The van der Waals surface area contributed by atoms with E-state index in [2.05, 4.69) is 4.74 Å². The fourth-order valence-corrected chi connectivity index (χ4v) is 1.44. The van der Waals surface area contributed by atoms with Crippen LogP contribution in [0.25, 0.3) is 0 Å². The van der Waals surface area contributed by atoms with E-state index in [4.69, 9.17) is 5.11 Å².